The van der Waals surface area contributed by atoms with Gasteiger partial charge in [-0.05, 0) is 108 Å². The lowest BCUT2D eigenvalue weighted by atomic mass is 9.60. The van der Waals surface area contributed by atoms with Gasteiger partial charge in [0.05, 0.1) is 33.7 Å². The molecule has 0 heterocycles. The summed E-state index contributed by atoms with van der Waals surface area (Å²) in [5, 5.41) is 1.10. The number of hydrogen-bond donors (Lipinski definition) is 0. The van der Waals surface area contributed by atoms with Crippen LogP contribution in [-0.2, 0) is 20.3 Å². The van der Waals surface area contributed by atoms with Crippen molar-refractivity contribution in [2.24, 2.45) is 0 Å². The second-order valence-electron chi connectivity index (χ2n) is 14.6. The summed E-state index contributed by atoms with van der Waals surface area (Å²) in [6.45, 7) is 15.3. The third-order valence-corrected chi connectivity index (χ3v) is 11.5. The lowest BCUT2D eigenvalue weighted by Gasteiger charge is -2.53. The molecule has 11 heteroatoms. The van der Waals surface area contributed by atoms with Crippen LogP contribution in [0.1, 0.15) is 120 Å². The van der Waals surface area contributed by atoms with E-state index in [1.165, 1.54) is 39.2 Å². The van der Waals surface area contributed by atoms with Crippen molar-refractivity contribution in [2.45, 2.75) is 84.3 Å². The number of halogens is 4. The maximum absolute atomic E-state index is 13.8. The quantitative estimate of drug-likeness (QED) is 0.104. The van der Waals surface area contributed by atoms with Crippen LogP contribution in [0.5, 0.6) is 5.75 Å². The average molecular weight is 801 g/mol. The molecule has 0 spiro atoms. The molecule has 0 aliphatic rings. The molecule has 0 fully saturated rings. The number of methoxy groups -OCH3 is 1. The Bertz CT molecular complexity index is 2050. The molecule has 0 aliphatic carbocycles. The van der Waals surface area contributed by atoms with Crippen LogP contribution in [-0.4, -0.2) is 41.8 Å². The second-order valence-corrected chi connectivity index (χ2v) is 16.2. The number of benzene rings is 4. The van der Waals surface area contributed by atoms with Gasteiger partial charge in [-0.25, -0.2) is 9.59 Å². The molecule has 0 N–H and O–H groups in total. The molecular weight excluding hydrogens is 758 g/mol. The third kappa shape index (κ3) is 8.14. The van der Waals surface area contributed by atoms with Crippen LogP contribution >= 0.6 is 46.4 Å². The molecule has 280 valence electrons. The monoisotopic (exact) mass is 798 g/mol. The number of hydrogen-bond acceptors (Lipinski definition) is 7. The standard InChI is InChI=1S/C42H42Cl4O7/c1-23(47)25-14-16-26(17-15-25)37(49)52-40(5,6)42(9,41(7,8)53-38(50)28-13-11-12-27(18-28)24(2)48)35-31(43)19-29(20-32(35)44)39(3,4)30-21-33(45)36(51-10)34(46)22-30/h11-22H,1-10H3. The second kappa shape index (κ2) is 15.5. The summed E-state index contributed by atoms with van der Waals surface area (Å²) in [7, 11) is 1.48. The van der Waals surface area contributed by atoms with Gasteiger partial charge in [-0.15, -0.1) is 0 Å². The minimum absolute atomic E-state index is 0.149. The highest BCUT2D eigenvalue weighted by atomic mass is 35.5. The summed E-state index contributed by atoms with van der Waals surface area (Å²) in [5.74, 6) is -1.42. The lowest BCUT2D eigenvalue weighted by Crippen LogP contribution is -2.62. The van der Waals surface area contributed by atoms with Crippen LogP contribution in [0.4, 0.5) is 0 Å². The predicted octanol–water partition coefficient (Wildman–Crippen LogP) is 11.6. The minimum atomic E-state index is -1.49. The van der Waals surface area contributed by atoms with Gasteiger partial charge in [-0.3, -0.25) is 9.59 Å². The Hall–Kier alpha value is -3.88. The molecule has 4 rings (SSSR count). The first-order valence-corrected chi connectivity index (χ1v) is 18.2. The van der Waals surface area contributed by atoms with E-state index in [1.807, 2.05) is 13.8 Å². The topological polar surface area (TPSA) is 96.0 Å². The molecule has 0 saturated carbocycles. The summed E-state index contributed by atoms with van der Waals surface area (Å²) >= 11 is 27.5. The predicted molar refractivity (Wildman–Crippen MR) is 211 cm³/mol. The Balaban J connectivity index is 1.89. The molecule has 0 bridgehead atoms. The molecule has 0 saturated heterocycles. The molecule has 4 aromatic carbocycles. The molecule has 4 aromatic rings. The molecule has 1 atom stereocenters. The SMILES string of the molecule is COc1c(Cl)cc(C(C)(C)c2cc(Cl)c(C(C)(C(C)(C)OC(=O)c3ccc(C(C)=O)cc3)C(C)(C)OC(=O)c3cccc(C(C)=O)c3)c(Cl)c2)cc1Cl. The maximum atomic E-state index is 13.8. The van der Waals surface area contributed by atoms with E-state index in [0.717, 1.165) is 5.56 Å². The minimum Gasteiger partial charge on any atom is -0.494 e. The van der Waals surface area contributed by atoms with Crippen molar-refractivity contribution in [3.05, 3.63) is 132 Å². The van der Waals surface area contributed by atoms with Gasteiger partial charge in [0.15, 0.2) is 17.3 Å². The van der Waals surface area contributed by atoms with Crippen LogP contribution in [0.25, 0.3) is 0 Å². The van der Waals surface area contributed by atoms with Gasteiger partial charge in [0, 0.05) is 32.2 Å². The molecule has 53 heavy (non-hydrogen) atoms. The smallest absolute Gasteiger partial charge is 0.338 e. The van der Waals surface area contributed by atoms with Crippen LogP contribution in [0, 0.1) is 0 Å². The zero-order valence-electron chi connectivity index (χ0n) is 31.3. The van der Waals surface area contributed by atoms with Crippen molar-refractivity contribution in [2.75, 3.05) is 7.11 Å². The van der Waals surface area contributed by atoms with Crippen molar-refractivity contribution < 1.29 is 33.4 Å². The zero-order chi connectivity index (χ0) is 39.8. The summed E-state index contributed by atoms with van der Waals surface area (Å²) in [5.41, 5.74) is -2.17. The van der Waals surface area contributed by atoms with E-state index in [9.17, 15) is 19.2 Å². The van der Waals surface area contributed by atoms with Crippen molar-refractivity contribution in [3.63, 3.8) is 0 Å². The first-order chi connectivity index (χ1) is 24.5. The molecular formula is C42H42Cl4O7. The Kier molecular flexibility index (Phi) is 12.2. The van der Waals surface area contributed by atoms with Crippen LogP contribution in [0.2, 0.25) is 20.1 Å². The first-order valence-electron chi connectivity index (χ1n) is 16.7. The number of carbonyl (C=O) groups is 4. The van der Waals surface area contributed by atoms with Crippen LogP contribution < -0.4 is 4.74 Å². The fourth-order valence-electron chi connectivity index (χ4n) is 6.51. The number of rotatable bonds is 12. The van der Waals surface area contributed by atoms with E-state index in [0.29, 0.717) is 38.0 Å². The summed E-state index contributed by atoms with van der Waals surface area (Å²) < 4.78 is 17.9. The third-order valence-electron chi connectivity index (χ3n) is 10.3. The van der Waals surface area contributed by atoms with E-state index in [4.69, 9.17) is 60.6 Å². The fraction of sp³-hybridized carbons (Fsp3) is 0.333. The van der Waals surface area contributed by atoms with Crippen molar-refractivity contribution in [3.8, 4) is 5.75 Å². The fourth-order valence-corrected chi connectivity index (χ4v) is 8.02. The largest absolute Gasteiger partial charge is 0.494 e. The number of carbonyl (C=O) groups excluding carboxylic acids is 4. The first kappa shape index (κ1) is 41.9. The lowest BCUT2D eigenvalue weighted by molar-refractivity contribution is -0.121. The number of ether oxygens (including phenoxy) is 3. The molecule has 0 aromatic heterocycles. The van der Waals surface area contributed by atoms with Crippen LogP contribution in [0.3, 0.4) is 0 Å². The molecule has 1 unspecified atom stereocenters. The molecule has 0 radical (unpaired) electrons. The molecule has 0 amide bonds. The van der Waals surface area contributed by atoms with E-state index < -0.39 is 34.0 Å². The molecule has 7 nitrogen and oxygen atoms in total. The van der Waals surface area contributed by atoms with E-state index >= 15 is 0 Å². The van der Waals surface area contributed by atoms with E-state index in [2.05, 4.69) is 0 Å². The van der Waals surface area contributed by atoms with Gasteiger partial charge in [0.1, 0.15) is 11.2 Å². The van der Waals surface area contributed by atoms with Crippen molar-refractivity contribution in [1.82, 2.24) is 0 Å². The number of esters is 2. The van der Waals surface area contributed by atoms with Gasteiger partial charge in [0.25, 0.3) is 0 Å². The van der Waals surface area contributed by atoms with Crippen molar-refractivity contribution in [1.29, 1.82) is 0 Å². The highest BCUT2D eigenvalue weighted by Gasteiger charge is 2.59. The van der Waals surface area contributed by atoms with Crippen molar-refractivity contribution >= 4 is 69.9 Å². The summed E-state index contributed by atoms with van der Waals surface area (Å²) in [6.07, 6.45) is 0. The van der Waals surface area contributed by atoms with Gasteiger partial charge >= 0.3 is 11.9 Å². The zero-order valence-corrected chi connectivity index (χ0v) is 34.3. The Labute approximate surface area is 330 Å². The molecule has 0 aliphatic heterocycles. The average Bonchev–Trinajstić information content (AvgIpc) is 3.07. The van der Waals surface area contributed by atoms with E-state index in [-0.39, 0.29) is 32.7 Å². The summed E-state index contributed by atoms with van der Waals surface area (Å²) in [4.78, 5) is 51.6. The highest BCUT2D eigenvalue weighted by Crippen LogP contribution is 2.54. The van der Waals surface area contributed by atoms with Gasteiger partial charge in [0.2, 0.25) is 0 Å². The number of ketones is 2. The highest BCUT2D eigenvalue weighted by molar-refractivity contribution is 6.37. The van der Waals surface area contributed by atoms with Gasteiger partial charge in [-0.1, -0.05) is 84.5 Å². The normalized spacial score (nSPS) is 13.2. The van der Waals surface area contributed by atoms with Gasteiger partial charge < -0.3 is 14.2 Å². The Morgan fingerprint density at radius 1 is 0.528 bits per heavy atom. The number of Topliss-reactive ketones (excluding diaryl/α,β-unsaturated/α-hetero) is 2. The Morgan fingerprint density at radius 2 is 0.925 bits per heavy atom. The maximum Gasteiger partial charge on any atom is 0.338 e. The summed E-state index contributed by atoms with van der Waals surface area (Å²) in [6, 6.07) is 19.4. The van der Waals surface area contributed by atoms with Crippen LogP contribution in [0.15, 0.2) is 72.8 Å². The van der Waals surface area contributed by atoms with E-state index in [1.54, 1.807) is 89.2 Å². The Morgan fingerprint density at radius 3 is 1.36 bits per heavy atom. The van der Waals surface area contributed by atoms with Gasteiger partial charge in [-0.2, -0.15) is 0 Å².